The summed E-state index contributed by atoms with van der Waals surface area (Å²) in [6.07, 6.45) is 3.28. The Balaban J connectivity index is 2.55. The highest BCUT2D eigenvalue weighted by atomic mass is 32.2. The van der Waals surface area contributed by atoms with Gasteiger partial charge in [0.05, 0.1) is 5.56 Å². The number of hydrogen-bond acceptors (Lipinski definition) is 4. The van der Waals surface area contributed by atoms with E-state index >= 15 is 0 Å². The molecular weight excluding hydrogens is 302 g/mol. The molecule has 0 aliphatic carbocycles. The van der Waals surface area contributed by atoms with Crippen LogP contribution in [0.1, 0.15) is 42.6 Å². The normalized spacial score (nSPS) is 12.0. The molecule has 122 valence electrons. The molecular formula is C16H23NO4S. The van der Waals surface area contributed by atoms with Crippen molar-refractivity contribution in [1.82, 2.24) is 5.32 Å². The SMILES string of the molecule is CCC(CC)NC(=O)COC(=O)c1cccc(CS(C)=O)c1. The highest BCUT2D eigenvalue weighted by Crippen LogP contribution is 2.09. The fourth-order valence-corrected chi connectivity index (χ4v) is 2.65. The van der Waals surface area contributed by atoms with Crippen LogP contribution >= 0.6 is 0 Å². The van der Waals surface area contributed by atoms with Gasteiger partial charge in [-0.05, 0) is 30.5 Å². The van der Waals surface area contributed by atoms with Gasteiger partial charge in [0.15, 0.2) is 6.61 Å². The van der Waals surface area contributed by atoms with Crippen molar-refractivity contribution in [3.8, 4) is 0 Å². The minimum atomic E-state index is -0.974. The summed E-state index contributed by atoms with van der Waals surface area (Å²) in [7, 11) is -0.974. The lowest BCUT2D eigenvalue weighted by Crippen LogP contribution is -2.36. The number of carbonyl (C=O) groups excluding carboxylic acids is 2. The fraction of sp³-hybridized carbons (Fsp3) is 0.500. The standard InChI is InChI=1S/C16H23NO4S/c1-4-14(5-2)17-15(18)10-21-16(19)13-8-6-7-12(9-13)11-22(3)20/h6-9,14H,4-5,10-11H2,1-3H3,(H,17,18). The minimum Gasteiger partial charge on any atom is -0.452 e. The van der Waals surface area contributed by atoms with Crippen LogP contribution in [0.2, 0.25) is 0 Å². The van der Waals surface area contributed by atoms with Crippen molar-refractivity contribution in [3.63, 3.8) is 0 Å². The van der Waals surface area contributed by atoms with E-state index in [0.29, 0.717) is 11.3 Å². The Hall–Kier alpha value is -1.69. The van der Waals surface area contributed by atoms with Gasteiger partial charge in [-0.25, -0.2) is 4.79 Å². The number of ether oxygens (including phenoxy) is 1. The summed E-state index contributed by atoms with van der Waals surface area (Å²) < 4.78 is 16.2. The molecule has 22 heavy (non-hydrogen) atoms. The van der Waals surface area contributed by atoms with Gasteiger partial charge in [-0.2, -0.15) is 0 Å². The van der Waals surface area contributed by atoms with Gasteiger partial charge >= 0.3 is 5.97 Å². The molecule has 1 aromatic carbocycles. The predicted octanol–water partition coefficient (Wildman–Crippen LogP) is 2.03. The van der Waals surface area contributed by atoms with Crippen LogP contribution in [0, 0.1) is 0 Å². The third-order valence-corrected chi connectivity index (χ3v) is 3.96. The smallest absolute Gasteiger partial charge is 0.338 e. The van der Waals surface area contributed by atoms with Crippen molar-refractivity contribution >= 4 is 22.7 Å². The Morgan fingerprint density at radius 1 is 1.27 bits per heavy atom. The molecule has 0 heterocycles. The Morgan fingerprint density at radius 2 is 1.95 bits per heavy atom. The maximum atomic E-state index is 11.9. The Bertz CT molecular complexity index is 541. The van der Waals surface area contributed by atoms with Crippen LogP contribution in [0.4, 0.5) is 0 Å². The second-order valence-corrected chi connectivity index (χ2v) is 6.51. The monoisotopic (exact) mass is 325 g/mol. The number of nitrogens with one attached hydrogen (secondary N) is 1. The predicted molar refractivity (Wildman–Crippen MR) is 87.0 cm³/mol. The van der Waals surface area contributed by atoms with Crippen LogP contribution in [-0.2, 0) is 26.1 Å². The van der Waals surface area contributed by atoms with Crippen molar-refractivity contribution in [2.24, 2.45) is 0 Å². The van der Waals surface area contributed by atoms with E-state index in [1.54, 1.807) is 30.5 Å². The summed E-state index contributed by atoms with van der Waals surface area (Å²) in [5.74, 6) is -0.465. The molecule has 0 aliphatic heterocycles. The van der Waals surface area contributed by atoms with Crippen LogP contribution in [0.3, 0.4) is 0 Å². The Morgan fingerprint density at radius 3 is 2.55 bits per heavy atom. The second kappa shape index (κ2) is 9.35. The third-order valence-electron chi connectivity index (χ3n) is 3.22. The van der Waals surface area contributed by atoms with Gasteiger partial charge in [0.2, 0.25) is 0 Å². The summed E-state index contributed by atoms with van der Waals surface area (Å²) in [5.41, 5.74) is 1.16. The molecule has 1 aromatic rings. The first-order valence-electron chi connectivity index (χ1n) is 7.31. The van der Waals surface area contributed by atoms with Crippen LogP contribution in [0.25, 0.3) is 0 Å². The lowest BCUT2D eigenvalue weighted by Gasteiger charge is -2.14. The van der Waals surface area contributed by atoms with Gasteiger partial charge in [0.1, 0.15) is 0 Å². The summed E-state index contributed by atoms with van der Waals surface area (Å²) in [6.45, 7) is 3.69. The molecule has 0 aromatic heterocycles. The van der Waals surface area contributed by atoms with Crippen molar-refractivity contribution < 1.29 is 18.5 Å². The van der Waals surface area contributed by atoms with E-state index < -0.39 is 16.8 Å². The summed E-state index contributed by atoms with van der Waals surface area (Å²) >= 11 is 0. The maximum absolute atomic E-state index is 11.9. The van der Waals surface area contributed by atoms with Gasteiger partial charge in [-0.15, -0.1) is 0 Å². The number of amides is 1. The molecule has 0 spiro atoms. The zero-order valence-corrected chi connectivity index (χ0v) is 14.1. The summed E-state index contributed by atoms with van der Waals surface area (Å²) in [4.78, 5) is 23.6. The van der Waals surface area contributed by atoms with E-state index in [2.05, 4.69) is 5.32 Å². The van der Waals surface area contributed by atoms with Crippen LogP contribution < -0.4 is 5.32 Å². The summed E-state index contributed by atoms with van der Waals surface area (Å²) in [5, 5.41) is 2.80. The third kappa shape index (κ3) is 6.39. The molecule has 1 unspecified atom stereocenters. The van der Waals surface area contributed by atoms with Gasteiger partial charge in [-0.3, -0.25) is 9.00 Å². The molecule has 0 bridgehead atoms. The second-order valence-electron chi connectivity index (χ2n) is 5.07. The van der Waals surface area contributed by atoms with Gasteiger partial charge in [0, 0.05) is 28.9 Å². The van der Waals surface area contributed by atoms with Crippen molar-refractivity contribution in [2.75, 3.05) is 12.9 Å². The summed E-state index contributed by atoms with van der Waals surface area (Å²) in [6, 6.07) is 6.88. The Kier molecular flexibility index (Phi) is 7.80. The lowest BCUT2D eigenvalue weighted by atomic mass is 10.1. The number of hydrogen-bond donors (Lipinski definition) is 1. The highest BCUT2D eigenvalue weighted by Gasteiger charge is 2.13. The molecule has 1 N–H and O–H groups in total. The van der Waals surface area contributed by atoms with Gasteiger partial charge in [0.25, 0.3) is 5.91 Å². The van der Waals surface area contributed by atoms with Gasteiger partial charge < -0.3 is 10.1 Å². The van der Waals surface area contributed by atoms with E-state index in [-0.39, 0.29) is 18.6 Å². The molecule has 0 fully saturated rings. The van der Waals surface area contributed by atoms with E-state index in [1.807, 2.05) is 13.8 Å². The fourth-order valence-electron chi connectivity index (χ4n) is 2.00. The maximum Gasteiger partial charge on any atom is 0.338 e. The van der Waals surface area contributed by atoms with E-state index in [0.717, 1.165) is 18.4 Å². The molecule has 1 rings (SSSR count). The average molecular weight is 325 g/mol. The largest absolute Gasteiger partial charge is 0.452 e. The molecule has 6 heteroatoms. The quantitative estimate of drug-likeness (QED) is 0.742. The van der Waals surface area contributed by atoms with Crippen molar-refractivity contribution in [1.29, 1.82) is 0 Å². The molecule has 0 radical (unpaired) electrons. The first-order chi connectivity index (χ1) is 10.5. The lowest BCUT2D eigenvalue weighted by molar-refractivity contribution is -0.125. The number of benzene rings is 1. The van der Waals surface area contributed by atoms with E-state index in [9.17, 15) is 13.8 Å². The zero-order chi connectivity index (χ0) is 16.5. The first-order valence-corrected chi connectivity index (χ1v) is 9.04. The van der Waals surface area contributed by atoms with Crippen LogP contribution in [-0.4, -0.2) is 35.0 Å². The molecule has 1 amide bonds. The number of rotatable bonds is 8. The van der Waals surface area contributed by atoms with E-state index in [4.69, 9.17) is 4.74 Å². The van der Waals surface area contributed by atoms with Crippen LogP contribution in [0.15, 0.2) is 24.3 Å². The first kappa shape index (κ1) is 18.4. The minimum absolute atomic E-state index is 0.106. The Labute approximate surface area is 133 Å². The molecule has 5 nitrogen and oxygen atoms in total. The zero-order valence-electron chi connectivity index (χ0n) is 13.3. The molecule has 0 saturated carbocycles. The van der Waals surface area contributed by atoms with Crippen molar-refractivity contribution in [3.05, 3.63) is 35.4 Å². The molecule has 0 saturated heterocycles. The average Bonchev–Trinajstić information content (AvgIpc) is 2.49. The molecule has 1 atom stereocenters. The van der Waals surface area contributed by atoms with Crippen molar-refractivity contribution in [2.45, 2.75) is 38.5 Å². The van der Waals surface area contributed by atoms with E-state index in [1.165, 1.54) is 0 Å². The van der Waals surface area contributed by atoms with Gasteiger partial charge in [-0.1, -0.05) is 26.0 Å². The molecule has 0 aliphatic rings. The topological polar surface area (TPSA) is 72.5 Å². The van der Waals surface area contributed by atoms with Crippen LogP contribution in [0.5, 0.6) is 0 Å². The number of esters is 1. The number of carbonyl (C=O) groups is 2. The highest BCUT2D eigenvalue weighted by molar-refractivity contribution is 7.83.